The van der Waals surface area contributed by atoms with E-state index in [1.54, 1.807) is 12.1 Å². The Morgan fingerprint density at radius 3 is 2.83 bits per heavy atom. The van der Waals surface area contributed by atoms with Gasteiger partial charge in [0.05, 0.1) is 18.8 Å². The zero-order chi connectivity index (χ0) is 16.2. The van der Waals surface area contributed by atoms with Crippen LogP contribution in [0.4, 0.5) is 0 Å². The van der Waals surface area contributed by atoms with Gasteiger partial charge in [-0.05, 0) is 36.8 Å². The van der Waals surface area contributed by atoms with Crippen molar-refractivity contribution >= 4 is 11.8 Å². The maximum absolute atomic E-state index is 11.9. The van der Waals surface area contributed by atoms with Crippen molar-refractivity contribution < 1.29 is 23.5 Å². The predicted octanol–water partition coefficient (Wildman–Crippen LogP) is 1.62. The molecule has 0 spiro atoms. The van der Waals surface area contributed by atoms with Crippen molar-refractivity contribution in [3.8, 4) is 11.5 Å². The zero-order valence-corrected chi connectivity index (χ0v) is 12.5. The molecule has 7 nitrogen and oxygen atoms in total. The minimum atomic E-state index is -0.430. The third kappa shape index (κ3) is 3.45. The molecule has 2 heterocycles. The summed E-state index contributed by atoms with van der Waals surface area (Å²) in [6, 6.07) is 8.41. The lowest BCUT2D eigenvalue weighted by Crippen LogP contribution is -2.37. The first-order valence-electron chi connectivity index (χ1n) is 7.14. The summed E-state index contributed by atoms with van der Waals surface area (Å²) in [5, 5.41) is 5.30. The van der Waals surface area contributed by atoms with Crippen LogP contribution >= 0.6 is 0 Å². The van der Waals surface area contributed by atoms with Gasteiger partial charge in [-0.1, -0.05) is 6.07 Å². The van der Waals surface area contributed by atoms with Gasteiger partial charge in [0, 0.05) is 0 Å². The van der Waals surface area contributed by atoms with Gasteiger partial charge in [0.1, 0.15) is 0 Å². The number of carbonyl (C=O) groups is 2. The van der Waals surface area contributed by atoms with Crippen LogP contribution in [0.3, 0.4) is 0 Å². The minimum absolute atomic E-state index is 0.131. The second-order valence-corrected chi connectivity index (χ2v) is 5.06. The van der Waals surface area contributed by atoms with Crippen molar-refractivity contribution in [2.45, 2.75) is 13.0 Å². The molecule has 1 unspecified atom stereocenters. The van der Waals surface area contributed by atoms with Gasteiger partial charge in [-0.2, -0.15) is 0 Å². The van der Waals surface area contributed by atoms with Crippen molar-refractivity contribution in [2.24, 2.45) is 0 Å². The van der Waals surface area contributed by atoms with Crippen LogP contribution in [-0.2, 0) is 4.79 Å². The average Bonchev–Trinajstić information content (AvgIpc) is 3.22. The number of ether oxygens (including phenoxy) is 2. The molecule has 0 saturated heterocycles. The van der Waals surface area contributed by atoms with Gasteiger partial charge < -0.3 is 24.5 Å². The molecule has 120 valence electrons. The molecule has 0 saturated carbocycles. The van der Waals surface area contributed by atoms with Crippen LogP contribution in [0, 0.1) is 0 Å². The van der Waals surface area contributed by atoms with E-state index in [0.717, 1.165) is 5.56 Å². The smallest absolute Gasteiger partial charge is 0.287 e. The Hall–Kier alpha value is -2.96. The Morgan fingerprint density at radius 2 is 2.04 bits per heavy atom. The highest BCUT2D eigenvalue weighted by Gasteiger charge is 2.17. The van der Waals surface area contributed by atoms with E-state index in [1.807, 2.05) is 19.1 Å². The monoisotopic (exact) mass is 316 g/mol. The molecule has 7 heteroatoms. The van der Waals surface area contributed by atoms with Gasteiger partial charge >= 0.3 is 0 Å². The Balaban J connectivity index is 1.52. The lowest BCUT2D eigenvalue weighted by Gasteiger charge is -2.15. The quantitative estimate of drug-likeness (QED) is 0.875. The van der Waals surface area contributed by atoms with Crippen molar-refractivity contribution in [3.63, 3.8) is 0 Å². The third-order valence-corrected chi connectivity index (χ3v) is 3.43. The van der Waals surface area contributed by atoms with Crippen LogP contribution in [0.1, 0.15) is 29.1 Å². The first-order chi connectivity index (χ1) is 11.1. The van der Waals surface area contributed by atoms with E-state index < -0.39 is 5.91 Å². The van der Waals surface area contributed by atoms with Crippen molar-refractivity contribution in [2.75, 3.05) is 13.3 Å². The molecule has 2 amide bonds. The molecule has 2 N–H and O–H groups in total. The van der Waals surface area contributed by atoms with E-state index in [9.17, 15) is 9.59 Å². The fraction of sp³-hybridized carbons (Fsp3) is 0.250. The molecule has 1 aliphatic heterocycles. The molecule has 2 aromatic rings. The number of amides is 2. The highest BCUT2D eigenvalue weighted by Crippen LogP contribution is 2.34. The van der Waals surface area contributed by atoms with Crippen molar-refractivity contribution in [3.05, 3.63) is 47.9 Å². The lowest BCUT2D eigenvalue weighted by molar-refractivity contribution is -0.120. The van der Waals surface area contributed by atoms with Gasteiger partial charge in [-0.25, -0.2) is 0 Å². The number of benzene rings is 1. The lowest BCUT2D eigenvalue weighted by atomic mass is 10.1. The second-order valence-electron chi connectivity index (χ2n) is 5.06. The maximum atomic E-state index is 11.9. The molecule has 1 atom stereocenters. The van der Waals surface area contributed by atoms with E-state index in [0.29, 0.717) is 11.5 Å². The van der Waals surface area contributed by atoms with Crippen LogP contribution in [0.2, 0.25) is 0 Å². The number of hydrogen-bond donors (Lipinski definition) is 2. The summed E-state index contributed by atoms with van der Waals surface area (Å²) in [4.78, 5) is 23.6. The SMILES string of the molecule is CC(NC(=O)CNC(=O)c1ccco1)c1ccc2c(c1)OCO2. The maximum Gasteiger partial charge on any atom is 0.287 e. The molecule has 1 aromatic carbocycles. The van der Waals surface area contributed by atoms with E-state index >= 15 is 0 Å². The molecule has 0 aliphatic carbocycles. The summed E-state index contributed by atoms with van der Waals surface area (Å²) in [7, 11) is 0. The Morgan fingerprint density at radius 1 is 1.22 bits per heavy atom. The molecule has 0 radical (unpaired) electrons. The van der Waals surface area contributed by atoms with Crippen molar-refractivity contribution in [1.29, 1.82) is 0 Å². The molecule has 3 rings (SSSR count). The Bertz CT molecular complexity index is 711. The van der Waals surface area contributed by atoms with Gasteiger partial charge in [-0.15, -0.1) is 0 Å². The number of fused-ring (bicyclic) bond motifs is 1. The summed E-state index contributed by atoms with van der Waals surface area (Å²) in [6.07, 6.45) is 1.40. The summed E-state index contributed by atoms with van der Waals surface area (Å²) in [5.74, 6) is 0.797. The fourth-order valence-corrected chi connectivity index (χ4v) is 2.21. The van der Waals surface area contributed by atoms with Gasteiger partial charge in [0.15, 0.2) is 17.3 Å². The molecule has 1 aliphatic rings. The summed E-state index contributed by atoms with van der Waals surface area (Å²) in [6.45, 7) is 1.93. The fourth-order valence-electron chi connectivity index (χ4n) is 2.21. The highest BCUT2D eigenvalue weighted by atomic mass is 16.7. The molecule has 1 aromatic heterocycles. The van der Waals surface area contributed by atoms with Gasteiger partial charge in [0.25, 0.3) is 5.91 Å². The Labute approximate surface area is 132 Å². The third-order valence-electron chi connectivity index (χ3n) is 3.43. The minimum Gasteiger partial charge on any atom is -0.459 e. The number of nitrogens with one attached hydrogen (secondary N) is 2. The number of furan rings is 1. The van der Waals surface area contributed by atoms with E-state index in [-0.39, 0.29) is 31.0 Å². The van der Waals surface area contributed by atoms with Crippen molar-refractivity contribution in [1.82, 2.24) is 10.6 Å². The van der Waals surface area contributed by atoms with E-state index in [2.05, 4.69) is 10.6 Å². The predicted molar refractivity (Wildman–Crippen MR) is 80.2 cm³/mol. The summed E-state index contributed by atoms with van der Waals surface area (Å²) in [5.41, 5.74) is 0.889. The topological polar surface area (TPSA) is 89.8 Å². The zero-order valence-electron chi connectivity index (χ0n) is 12.5. The van der Waals surface area contributed by atoms with Gasteiger partial charge in [-0.3, -0.25) is 9.59 Å². The molecule has 23 heavy (non-hydrogen) atoms. The standard InChI is InChI=1S/C16H16N2O5/c1-10(11-4-5-12-14(7-11)23-9-22-12)18-15(19)8-17-16(20)13-3-2-6-21-13/h2-7,10H,8-9H2,1H3,(H,17,20)(H,18,19). The Kier molecular flexibility index (Phi) is 4.18. The number of hydrogen-bond acceptors (Lipinski definition) is 5. The summed E-state index contributed by atoms with van der Waals surface area (Å²) >= 11 is 0. The average molecular weight is 316 g/mol. The highest BCUT2D eigenvalue weighted by molar-refractivity contribution is 5.94. The molecular weight excluding hydrogens is 300 g/mol. The first kappa shape index (κ1) is 15.0. The van der Waals surface area contributed by atoms with Crippen LogP contribution < -0.4 is 20.1 Å². The van der Waals surface area contributed by atoms with Crippen LogP contribution in [0.15, 0.2) is 41.0 Å². The normalized spacial score (nSPS) is 13.4. The second kappa shape index (κ2) is 6.43. The molecule has 0 bridgehead atoms. The van der Waals surface area contributed by atoms with Crippen LogP contribution in [0.25, 0.3) is 0 Å². The number of carbonyl (C=O) groups excluding carboxylic acids is 2. The molecular formula is C16H16N2O5. The van der Waals surface area contributed by atoms with E-state index in [4.69, 9.17) is 13.9 Å². The largest absolute Gasteiger partial charge is 0.459 e. The molecule has 0 fully saturated rings. The first-order valence-corrected chi connectivity index (χ1v) is 7.14. The summed E-state index contributed by atoms with van der Waals surface area (Å²) < 4.78 is 15.5. The van der Waals surface area contributed by atoms with Crippen LogP contribution in [0.5, 0.6) is 11.5 Å². The van der Waals surface area contributed by atoms with E-state index in [1.165, 1.54) is 12.3 Å². The van der Waals surface area contributed by atoms with Gasteiger partial charge in [0.2, 0.25) is 12.7 Å². The van der Waals surface area contributed by atoms with Crippen LogP contribution in [-0.4, -0.2) is 25.2 Å². The number of rotatable bonds is 5.